The van der Waals surface area contributed by atoms with Crippen LogP contribution in [-0.4, -0.2) is 37.2 Å². The zero-order valence-electron chi connectivity index (χ0n) is 13.5. The average molecular weight is 302 g/mol. The number of aliphatic imine (C=N–C) groups is 1. The molecule has 0 radical (unpaired) electrons. The maximum absolute atomic E-state index is 5.87. The number of aromatic amines is 1. The van der Waals surface area contributed by atoms with Gasteiger partial charge in [0.25, 0.3) is 0 Å². The molecule has 0 fully saturated rings. The lowest BCUT2D eigenvalue weighted by atomic mass is 10.1. The number of aromatic nitrogens is 1. The van der Waals surface area contributed by atoms with Gasteiger partial charge in [0.05, 0.1) is 0 Å². The first-order valence-corrected chi connectivity index (χ1v) is 7.90. The van der Waals surface area contributed by atoms with Crippen LogP contribution < -0.4 is 11.1 Å². The number of nitrogens with two attached hydrogens (primary N) is 1. The van der Waals surface area contributed by atoms with Crippen molar-refractivity contribution < 1.29 is 4.74 Å². The zero-order chi connectivity index (χ0) is 15.8. The Bertz CT molecular complexity index is 618. The highest BCUT2D eigenvalue weighted by molar-refractivity contribution is 5.84. The standard InChI is InChI=1S/C17H26N4O/c1-3-22-12-6-10-19-17(18)20-11-9-14-13(2)21-16-8-5-4-7-15(14)16/h4-5,7-8,21H,3,6,9-12H2,1-2H3,(H3,18,19,20). The highest BCUT2D eigenvalue weighted by atomic mass is 16.5. The number of nitrogens with zero attached hydrogens (tertiary/aromatic N) is 1. The molecule has 1 heterocycles. The molecular weight excluding hydrogens is 276 g/mol. The van der Waals surface area contributed by atoms with E-state index in [2.05, 4.69) is 40.4 Å². The molecule has 120 valence electrons. The van der Waals surface area contributed by atoms with E-state index in [0.29, 0.717) is 12.5 Å². The SMILES string of the molecule is CCOCCCN=C(N)NCCc1c(C)[nH]c2ccccc12. The van der Waals surface area contributed by atoms with Crippen molar-refractivity contribution in [3.63, 3.8) is 0 Å². The van der Waals surface area contributed by atoms with Crippen LogP contribution in [0.5, 0.6) is 0 Å². The van der Waals surface area contributed by atoms with Gasteiger partial charge in [-0.05, 0) is 38.3 Å². The molecule has 1 aromatic heterocycles. The summed E-state index contributed by atoms with van der Waals surface area (Å²) in [6.45, 7) is 7.07. The van der Waals surface area contributed by atoms with E-state index >= 15 is 0 Å². The lowest BCUT2D eigenvalue weighted by molar-refractivity contribution is 0.146. The quantitative estimate of drug-likeness (QED) is 0.398. The Kier molecular flexibility index (Phi) is 6.27. The number of benzene rings is 1. The number of nitrogens with one attached hydrogen (secondary N) is 2. The fourth-order valence-electron chi connectivity index (χ4n) is 2.54. The van der Waals surface area contributed by atoms with Gasteiger partial charge in [-0.2, -0.15) is 0 Å². The molecule has 22 heavy (non-hydrogen) atoms. The van der Waals surface area contributed by atoms with E-state index in [1.165, 1.54) is 22.2 Å². The van der Waals surface area contributed by atoms with Crippen molar-refractivity contribution in [1.29, 1.82) is 0 Å². The minimum absolute atomic E-state index is 0.508. The third-order valence-electron chi connectivity index (χ3n) is 3.64. The molecular formula is C17H26N4O. The number of fused-ring (bicyclic) bond motifs is 1. The molecule has 0 unspecified atom stereocenters. The molecule has 0 aliphatic carbocycles. The molecule has 0 aliphatic heterocycles. The summed E-state index contributed by atoms with van der Waals surface area (Å²) in [5, 5.41) is 4.46. The predicted octanol–water partition coefficient (Wildman–Crippen LogP) is 2.35. The van der Waals surface area contributed by atoms with Gasteiger partial charge in [0.15, 0.2) is 5.96 Å². The number of para-hydroxylation sites is 1. The Morgan fingerprint density at radius 1 is 1.36 bits per heavy atom. The first kappa shape index (κ1) is 16.4. The van der Waals surface area contributed by atoms with Gasteiger partial charge < -0.3 is 20.8 Å². The molecule has 0 spiro atoms. The van der Waals surface area contributed by atoms with E-state index in [-0.39, 0.29) is 0 Å². The van der Waals surface area contributed by atoms with Crippen molar-refractivity contribution >= 4 is 16.9 Å². The Labute approximate surface area is 132 Å². The van der Waals surface area contributed by atoms with Crippen LogP contribution in [0.2, 0.25) is 0 Å². The van der Waals surface area contributed by atoms with Gasteiger partial charge in [0.1, 0.15) is 0 Å². The van der Waals surface area contributed by atoms with Crippen LogP contribution in [0.1, 0.15) is 24.6 Å². The first-order chi connectivity index (χ1) is 10.7. The lowest BCUT2D eigenvalue weighted by Gasteiger charge is -2.06. The number of ether oxygens (including phenoxy) is 1. The Balaban J connectivity index is 1.80. The van der Waals surface area contributed by atoms with Crippen LogP contribution in [-0.2, 0) is 11.2 Å². The van der Waals surface area contributed by atoms with Gasteiger partial charge in [0.2, 0.25) is 0 Å². The summed E-state index contributed by atoms with van der Waals surface area (Å²) >= 11 is 0. The summed E-state index contributed by atoms with van der Waals surface area (Å²) in [7, 11) is 0. The molecule has 5 nitrogen and oxygen atoms in total. The molecule has 5 heteroatoms. The molecule has 0 saturated heterocycles. The second kappa shape index (κ2) is 8.44. The van der Waals surface area contributed by atoms with Crippen LogP contribution in [0.3, 0.4) is 0 Å². The lowest BCUT2D eigenvalue weighted by Crippen LogP contribution is -2.33. The fourth-order valence-corrected chi connectivity index (χ4v) is 2.54. The average Bonchev–Trinajstić information content (AvgIpc) is 2.83. The van der Waals surface area contributed by atoms with E-state index in [0.717, 1.165) is 32.6 Å². The molecule has 0 atom stereocenters. The number of hydrogen-bond acceptors (Lipinski definition) is 2. The summed E-state index contributed by atoms with van der Waals surface area (Å²) < 4.78 is 5.27. The van der Waals surface area contributed by atoms with Gasteiger partial charge in [-0.15, -0.1) is 0 Å². The second-order valence-electron chi connectivity index (χ2n) is 5.27. The molecule has 2 rings (SSSR count). The first-order valence-electron chi connectivity index (χ1n) is 7.90. The fraction of sp³-hybridized carbons (Fsp3) is 0.471. The van der Waals surface area contributed by atoms with Crippen LogP contribution in [0.4, 0.5) is 0 Å². The van der Waals surface area contributed by atoms with Crippen molar-refractivity contribution in [1.82, 2.24) is 10.3 Å². The smallest absolute Gasteiger partial charge is 0.188 e. The van der Waals surface area contributed by atoms with Crippen LogP contribution in [0, 0.1) is 6.92 Å². The van der Waals surface area contributed by atoms with Gasteiger partial charge in [-0.1, -0.05) is 18.2 Å². The number of rotatable bonds is 8. The highest BCUT2D eigenvalue weighted by Gasteiger charge is 2.07. The Morgan fingerprint density at radius 2 is 2.18 bits per heavy atom. The van der Waals surface area contributed by atoms with E-state index in [1.54, 1.807) is 0 Å². The predicted molar refractivity (Wildman–Crippen MR) is 92.3 cm³/mol. The maximum atomic E-state index is 5.87. The van der Waals surface area contributed by atoms with Crippen molar-refractivity contribution in [2.45, 2.75) is 26.7 Å². The summed E-state index contributed by atoms with van der Waals surface area (Å²) in [5.41, 5.74) is 9.61. The van der Waals surface area contributed by atoms with Crippen LogP contribution >= 0.6 is 0 Å². The second-order valence-corrected chi connectivity index (χ2v) is 5.27. The highest BCUT2D eigenvalue weighted by Crippen LogP contribution is 2.21. The summed E-state index contributed by atoms with van der Waals surface area (Å²) in [6, 6.07) is 8.38. The van der Waals surface area contributed by atoms with Crippen molar-refractivity contribution in [3.05, 3.63) is 35.5 Å². The summed E-state index contributed by atoms with van der Waals surface area (Å²) in [5.74, 6) is 0.508. The largest absolute Gasteiger partial charge is 0.382 e. The van der Waals surface area contributed by atoms with E-state index in [9.17, 15) is 0 Å². The molecule has 0 aliphatic rings. The number of H-pyrrole nitrogens is 1. The zero-order valence-corrected chi connectivity index (χ0v) is 13.5. The Morgan fingerprint density at radius 3 is 3.00 bits per heavy atom. The minimum atomic E-state index is 0.508. The van der Waals surface area contributed by atoms with E-state index in [4.69, 9.17) is 10.5 Å². The molecule has 4 N–H and O–H groups in total. The normalized spacial score (nSPS) is 12.0. The number of guanidine groups is 1. The van der Waals surface area contributed by atoms with Crippen molar-refractivity contribution in [3.8, 4) is 0 Å². The van der Waals surface area contributed by atoms with Gasteiger partial charge >= 0.3 is 0 Å². The number of hydrogen-bond donors (Lipinski definition) is 3. The third kappa shape index (κ3) is 4.49. The van der Waals surface area contributed by atoms with Gasteiger partial charge in [0, 0.05) is 42.9 Å². The van der Waals surface area contributed by atoms with Gasteiger partial charge in [-0.3, -0.25) is 4.99 Å². The van der Waals surface area contributed by atoms with E-state index < -0.39 is 0 Å². The van der Waals surface area contributed by atoms with E-state index in [1.807, 2.05) is 13.0 Å². The van der Waals surface area contributed by atoms with Crippen molar-refractivity contribution in [2.24, 2.45) is 10.7 Å². The topological polar surface area (TPSA) is 75.4 Å². The maximum Gasteiger partial charge on any atom is 0.188 e. The molecule has 2 aromatic rings. The number of aryl methyl sites for hydroxylation is 1. The van der Waals surface area contributed by atoms with Crippen LogP contribution in [0.25, 0.3) is 10.9 Å². The minimum Gasteiger partial charge on any atom is -0.382 e. The van der Waals surface area contributed by atoms with Crippen molar-refractivity contribution in [2.75, 3.05) is 26.3 Å². The molecule has 0 saturated carbocycles. The van der Waals surface area contributed by atoms with Crippen LogP contribution in [0.15, 0.2) is 29.3 Å². The Hall–Kier alpha value is -2.01. The monoisotopic (exact) mass is 302 g/mol. The molecule has 1 aromatic carbocycles. The summed E-state index contributed by atoms with van der Waals surface area (Å²) in [6.07, 6.45) is 1.82. The molecule has 0 bridgehead atoms. The van der Waals surface area contributed by atoms with Gasteiger partial charge in [-0.25, -0.2) is 0 Å². The third-order valence-corrected chi connectivity index (χ3v) is 3.64. The molecule has 0 amide bonds. The summed E-state index contributed by atoms with van der Waals surface area (Å²) in [4.78, 5) is 7.71.